The molecule has 0 amide bonds. The van der Waals surface area contributed by atoms with Gasteiger partial charge in [0.1, 0.15) is 16.7 Å². The van der Waals surface area contributed by atoms with Gasteiger partial charge in [0.15, 0.2) is 9.84 Å². The summed E-state index contributed by atoms with van der Waals surface area (Å²) in [6.07, 6.45) is 2.31. The predicted octanol–water partition coefficient (Wildman–Crippen LogP) is 4.73. The maximum absolute atomic E-state index is 13.1. The molecule has 2 aromatic carbocycles. The molecule has 0 aliphatic heterocycles. The minimum absolute atomic E-state index is 0.0119. The van der Waals surface area contributed by atoms with E-state index in [0.29, 0.717) is 16.7 Å². The van der Waals surface area contributed by atoms with Crippen LogP contribution in [0.1, 0.15) is 58.2 Å². The van der Waals surface area contributed by atoms with E-state index in [4.69, 9.17) is 0 Å². The largest absolute Gasteiger partial charge is 0.507 e. The highest BCUT2D eigenvalue weighted by atomic mass is 32.2. The van der Waals surface area contributed by atoms with E-state index >= 15 is 0 Å². The number of phenolic OH excluding ortho intramolecular Hbond substituents is 1. The van der Waals surface area contributed by atoms with Gasteiger partial charge >= 0.3 is 0 Å². The zero-order valence-corrected chi connectivity index (χ0v) is 21.0. The third-order valence-electron chi connectivity index (χ3n) is 5.01. The van der Waals surface area contributed by atoms with E-state index in [0.717, 1.165) is 6.26 Å². The lowest BCUT2D eigenvalue weighted by Crippen LogP contribution is -2.17. The average Bonchev–Trinajstić information content (AvgIpc) is 2.64. The molecule has 0 bridgehead atoms. The molecule has 0 fully saturated rings. The van der Waals surface area contributed by atoms with E-state index in [2.05, 4.69) is 0 Å². The van der Waals surface area contributed by atoms with E-state index in [1.807, 2.05) is 41.5 Å². The fraction of sp³-hybridized carbons (Fsp3) is 0.375. The van der Waals surface area contributed by atoms with E-state index in [1.54, 1.807) is 18.2 Å². The molecule has 6 nitrogen and oxygen atoms in total. The van der Waals surface area contributed by atoms with Gasteiger partial charge in [0.25, 0.3) is 0 Å². The Hall–Kier alpha value is -2.63. The van der Waals surface area contributed by atoms with Crippen molar-refractivity contribution in [2.45, 2.75) is 62.2 Å². The van der Waals surface area contributed by atoms with Gasteiger partial charge in [-0.05, 0) is 58.9 Å². The molecular formula is C24H29NO5S2. The Bertz CT molecular complexity index is 1280. The molecule has 0 radical (unpaired) electrons. The molecule has 0 heterocycles. The molecule has 0 aliphatic rings. The zero-order chi connectivity index (χ0) is 24.7. The van der Waals surface area contributed by atoms with E-state index < -0.39 is 35.4 Å². The van der Waals surface area contributed by atoms with Crippen molar-refractivity contribution in [2.24, 2.45) is 0 Å². The Balaban J connectivity index is 2.71. The van der Waals surface area contributed by atoms with Crippen LogP contribution < -0.4 is 0 Å². The summed E-state index contributed by atoms with van der Waals surface area (Å²) in [7, 11) is -7.65. The molecule has 1 N–H and O–H groups in total. The van der Waals surface area contributed by atoms with Gasteiger partial charge in [-0.1, -0.05) is 41.5 Å². The van der Waals surface area contributed by atoms with Crippen LogP contribution in [-0.2, 0) is 30.5 Å². The topological polar surface area (TPSA) is 112 Å². The number of sulfone groups is 2. The quantitative estimate of drug-likeness (QED) is 0.640. The molecule has 0 unspecified atom stereocenters. The Morgan fingerprint density at radius 3 is 1.62 bits per heavy atom. The summed E-state index contributed by atoms with van der Waals surface area (Å²) in [6.45, 7) is 11.6. The van der Waals surface area contributed by atoms with Gasteiger partial charge in [-0.25, -0.2) is 16.8 Å². The van der Waals surface area contributed by atoms with Gasteiger partial charge in [-0.3, -0.25) is 0 Å². The van der Waals surface area contributed by atoms with Crippen LogP contribution in [-0.4, -0.2) is 28.2 Å². The number of aromatic hydroxyl groups is 1. The van der Waals surface area contributed by atoms with Crippen molar-refractivity contribution >= 4 is 25.8 Å². The third kappa shape index (κ3) is 5.40. The standard InChI is InChI=1S/C24H29NO5S2/c1-23(2,3)20-13-16(14-21(22(20)26)24(4,5)6)12-19(15-25)32(29,30)18-10-8-17(9-11-18)31(7,27)28/h8-14,26H,1-7H3/b19-12+. The lowest BCUT2D eigenvalue weighted by atomic mass is 9.78. The number of phenols is 1. The molecule has 2 rings (SSSR count). The van der Waals surface area contributed by atoms with Gasteiger partial charge in [0.05, 0.1) is 9.79 Å². The number of hydrogen-bond donors (Lipinski definition) is 1. The fourth-order valence-corrected chi connectivity index (χ4v) is 4.99. The first kappa shape index (κ1) is 25.6. The highest BCUT2D eigenvalue weighted by Gasteiger charge is 2.27. The van der Waals surface area contributed by atoms with Gasteiger partial charge < -0.3 is 5.11 Å². The SMILES string of the molecule is CC(C)(C)c1cc(/C=C(\C#N)S(=O)(=O)c2ccc(S(C)(=O)=O)cc2)cc(C(C)(C)C)c1O. The van der Waals surface area contributed by atoms with Crippen LogP contribution in [0.2, 0.25) is 0 Å². The molecular weight excluding hydrogens is 446 g/mol. The van der Waals surface area contributed by atoms with Gasteiger partial charge in [0.2, 0.25) is 9.84 Å². The van der Waals surface area contributed by atoms with Crippen molar-refractivity contribution in [3.05, 3.63) is 58.0 Å². The smallest absolute Gasteiger partial charge is 0.216 e. The molecule has 0 aliphatic carbocycles. The van der Waals surface area contributed by atoms with E-state index in [9.17, 15) is 27.2 Å². The van der Waals surface area contributed by atoms with Crippen molar-refractivity contribution in [1.29, 1.82) is 5.26 Å². The number of allylic oxidation sites excluding steroid dienone is 1. The number of nitriles is 1. The molecule has 8 heteroatoms. The van der Waals surface area contributed by atoms with Crippen molar-refractivity contribution in [3.63, 3.8) is 0 Å². The van der Waals surface area contributed by atoms with Crippen LogP contribution in [0.4, 0.5) is 0 Å². The molecule has 0 saturated carbocycles. The van der Waals surface area contributed by atoms with Gasteiger partial charge in [-0.15, -0.1) is 0 Å². The predicted molar refractivity (Wildman–Crippen MR) is 126 cm³/mol. The molecule has 172 valence electrons. The number of benzene rings is 2. The van der Waals surface area contributed by atoms with Crippen molar-refractivity contribution in [2.75, 3.05) is 6.26 Å². The average molecular weight is 476 g/mol. The summed E-state index contributed by atoms with van der Waals surface area (Å²) >= 11 is 0. The van der Waals surface area contributed by atoms with Gasteiger partial charge in [0, 0.05) is 17.4 Å². The minimum Gasteiger partial charge on any atom is -0.507 e. The van der Waals surface area contributed by atoms with Crippen molar-refractivity contribution in [1.82, 2.24) is 0 Å². The summed E-state index contributed by atoms with van der Waals surface area (Å²) in [4.78, 5) is -0.666. The van der Waals surface area contributed by atoms with Crippen LogP contribution in [0.25, 0.3) is 6.08 Å². The third-order valence-corrected chi connectivity index (χ3v) is 7.82. The zero-order valence-electron chi connectivity index (χ0n) is 19.4. The highest BCUT2D eigenvalue weighted by molar-refractivity contribution is 7.95. The van der Waals surface area contributed by atoms with Gasteiger partial charge in [-0.2, -0.15) is 5.26 Å². The molecule has 0 saturated heterocycles. The fourth-order valence-electron chi connectivity index (χ4n) is 3.20. The Kier molecular flexibility index (Phi) is 6.71. The number of nitrogens with zero attached hydrogens (tertiary/aromatic N) is 1. The first-order valence-electron chi connectivity index (χ1n) is 9.94. The summed E-state index contributed by atoms with van der Waals surface area (Å²) in [6, 6.07) is 9.88. The number of hydrogen-bond acceptors (Lipinski definition) is 6. The Labute approximate surface area is 191 Å². The molecule has 32 heavy (non-hydrogen) atoms. The lowest BCUT2D eigenvalue weighted by molar-refractivity contribution is 0.423. The lowest BCUT2D eigenvalue weighted by Gasteiger charge is -2.28. The van der Waals surface area contributed by atoms with Crippen LogP contribution in [0.3, 0.4) is 0 Å². The second-order valence-corrected chi connectivity index (χ2v) is 13.8. The Morgan fingerprint density at radius 1 is 0.875 bits per heavy atom. The van der Waals surface area contributed by atoms with E-state index in [-0.39, 0.29) is 15.5 Å². The summed E-state index contributed by atoms with van der Waals surface area (Å²) in [5.41, 5.74) is 0.930. The summed E-state index contributed by atoms with van der Waals surface area (Å²) < 4.78 is 49.4. The first-order chi connectivity index (χ1) is 14.4. The molecule has 0 aromatic heterocycles. The maximum atomic E-state index is 13.1. The second-order valence-electron chi connectivity index (χ2n) is 9.83. The normalized spacial score (nSPS) is 13.6. The first-order valence-corrected chi connectivity index (χ1v) is 13.3. The summed E-state index contributed by atoms with van der Waals surface area (Å²) in [5, 5.41) is 20.5. The number of rotatable bonds is 4. The maximum Gasteiger partial charge on any atom is 0.216 e. The molecule has 2 aromatic rings. The highest BCUT2D eigenvalue weighted by Crippen LogP contribution is 2.40. The van der Waals surface area contributed by atoms with E-state index in [1.165, 1.54) is 30.3 Å². The van der Waals surface area contributed by atoms with Crippen molar-refractivity contribution in [3.8, 4) is 11.8 Å². The minimum atomic E-state index is -4.18. The molecule has 0 atom stereocenters. The van der Waals surface area contributed by atoms with Crippen LogP contribution in [0.5, 0.6) is 5.75 Å². The van der Waals surface area contributed by atoms with Crippen LogP contribution in [0, 0.1) is 11.3 Å². The molecule has 0 spiro atoms. The Morgan fingerprint density at radius 2 is 1.28 bits per heavy atom. The second kappa shape index (κ2) is 8.38. The van der Waals surface area contributed by atoms with Crippen LogP contribution in [0.15, 0.2) is 51.1 Å². The van der Waals surface area contributed by atoms with Crippen molar-refractivity contribution < 1.29 is 21.9 Å². The van der Waals surface area contributed by atoms with Crippen LogP contribution >= 0.6 is 0 Å². The monoisotopic (exact) mass is 475 g/mol. The summed E-state index contributed by atoms with van der Waals surface area (Å²) in [5.74, 6) is 0.153.